The molecule has 7 aliphatic carbocycles. The van der Waals surface area contributed by atoms with Crippen LogP contribution >= 0.6 is 0 Å². The van der Waals surface area contributed by atoms with Crippen molar-refractivity contribution in [3.8, 4) is 0 Å². The van der Waals surface area contributed by atoms with E-state index in [0.717, 1.165) is 0 Å². The number of hydrogen-bond donors (Lipinski definition) is 0. The summed E-state index contributed by atoms with van der Waals surface area (Å²) in [5.74, 6) is 1.01. The van der Waals surface area contributed by atoms with Gasteiger partial charge in [-0.05, 0) is 28.6 Å². The van der Waals surface area contributed by atoms with Crippen LogP contribution in [-0.4, -0.2) is 3.21 Å². The molecule has 0 aromatic heterocycles. The second kappa shape index (κ2) is 16.9. The summed E-state index contributed by atoms with van der Waals surface area (Å²) in [7, 11) is 0. The third kappa shape index (κ3) is 6.57. The van der Waals surface area contributed by atoms with Gasteiger partial charge in [-0.25, -0.2) is 6.08 Å². The van der Waals surface area contributed by atoms with Gasteiger partial charge in [-0.1, -0.05) is 172 Å². The molecule has 306 valence electrons. The van der Waals surface area contributed by atoms with Gasteiger partial charge in [0.25, 0.3) is 0 Å². The monoisotopic (exact) mass is 886 g/mol. The van der Waals surface area contributed by atoms with E-state index in [0.29, 0.717) is 17.3 Å². The van der Waals surface area contributed by atoms with Gasteiger partial charge < -0.3 is 31.2 Å². The van der Waals surface area contributed by atoms with Crippen molar-refractivity contribution in [3.05, 3.63) is 174 Å². The second-order valence-electron chi connectivity index (χ2n) is 19.7. The molecule has 9 unspecified atom stereocenters. The molecule has 3 heteroatoms. The van der Waals surface area contributed by atoms with Crippen LogP contribution in [0.5, 0.6) is 0 Å². The molecule has 2 aromatic rings. The molecule has 7 aliphatic rings. The maximum atomic E-state index is 3.37. The fourth-order valence-electron chi connectivity index (χ4n) is 13.2. The molecule has 0 N–H and O–H groups in total. The van der Waals surface area contributed by atoms with E-state index in [1.54, 1.807) is 5.57 Å². The molecule has 58 heavy (non-hydrogen) atoms. The van der Waals surface area contributed by atoms with Crippen molar-refractivity contribution < 1.29 is 49.0 Å². The summed E-state index contributed by atoms with van der Waals surface area (Å²) in [5.41, 5.74) is 6.43. The van der Waals surface area contributed by atoms with Crippen LogP contribution < -0.4 is 24.8 Å². The molecule has 0 heterocycles. The topological polar surface area (TPSA) is 0 Å². The summed E-state index contributed by atoms with van der Waals surface area (Å²) in [4.78, 5) is 0. The Bertz CT molecular complexity index is 2030. The molecule has 3 saturated carbocycles. The zero-order chi connectivity index (χ0) is 40.3. The van der Waals surface area contributed by atoms with Crippen LogP contribution in [0.2, 0.25) is 0 Å². The molecular weight excluding hydrogens is 823 g/mol. The van der Waals surface area contributed by atoms with Crippen LogP contribution in [0.4, 0.5) is 0 Å². The summed E-state index contributed by atoms with van der Waals surface area (Å²) in [6.07, 6.45) is 44.3. The predicted octanol–water partition coefficient (Wildman–Crippen LogP) is 8.35. The summed E-state index contributed by atoms with van der Waals surface area (Å²) in [6.45, 7) is 24.9. The zero-order valence-corrected chi connectivity index (χ0v) is 40.8. The molecule has 0 radical (unpaired) electrons. The Morgan fingerprint density at radius 2 is 1.14 bits per heavy atom. The van der Waals surface area contributed by atoms with Crippen molar-refractivity contribution >= 4 is 3.21 Å². The van der Waals surface area contributed by atoms with Crippen LogP contribution in [0.25, 0.3) is 0 Å². The van der Waals surface area contributed by atoms with E-state index in [4.69, 9.17) is 0 Å². The Morgan fingerprint density at radius 3 is 1.64 bits per heavy atom. The molecule has 0 amide bonds. The Balaban J connectivity index is 0.000000185. The molecular formula is C55H66Cl2Zr-2. The van der Waals surface area contributed by atoms with Gasteiger partial charge >= 0.3 is 99.2 Å². The van der Waals surface area contributed by atoms with Crippen LogP contribution in [0.15, 0.2) is 151 Å². The Hall–Kier alpha value is -2.31. The zero-order valence-electron chi connectivity index (χ0n) is 36.8. The third-order valence-corrected chi connectivity index (χ3v) is 19.2. The number of benzene rings is 2. The summed E-state index contributed by atoms with van der Waals surface area (Å²) in [6, 6.07) is 21.1. The molecule has 3 fully saturated rings. The molecule has 9 rings (SSSR count). The first kappa shape index (κ1) is 46.8. The molecule has 0 nitrogen and oxygen atoms in total. The minimum atomic E-state index is 0. The van der Waals surface area contributed by atoms with Gasteiger partial charge in [0.15, 0.2) is 0 Å². The minimum absolute atomic E-state index is 0. The van der Waals surface area contributed by atoms with Gasteiger partial charge in [0.2, 0.25) is 0 Å². The maximum absolute atomic E-state index is 3.37. The van der Waals surface area contributed by atoms with E-state index in [9.17, 15) is 0 Å². The second-order valence-corrected chi connectivity index (χ2v) is 20.9. The van der Waals surface area contributed by atoms with E-state index in [1.807, 2.05) is 0 Å². The van der Waals surface area contributed by atoms with E-state index in [-0.39, 0.29) is 62.7 Å². The summed E-state index contributed by atoms with van der Waals surface area (Å²) < 4.78 is 1.42. The summed E-state index contributed by atoms with van der Waals surface area (Å²) in [5, 5.41) is 0. The predicted molar refractivity (Wildman–Crippen MR) is 236 cm³/mol. The van der Waals surface area contributed by atoms with Crippen LogP contribution in [0.1, 0.15) is 112 Å². The molecule has 0 spiro atoms. The molecule has 2 aromatic carbocycles. The quantitative estimate of drug-likeness (QED) is 0.272. The average Bonchev–Trinajstić information content (AvgIpc) is 3.74. The van der Waals surface area contributed by atoms with Gasteiger partial charge in [0, 0.05) is 10.8 Å². The molecule has 0 saturated heterocycles. The standard InChI is InChI=1S/C29H37.C13H19.C13H10.2ClH.Zr/c1-21-14-13-15-22-20-27(6)25(4)18-10-9-16-23(25,2)24(3)17-11-12-19-26(24,5)29(27,8)28(21,22)7;1-11-6-7-12(10-11)13(2)8-4-3-5-9-13;1-3-7-12(8-4-1)11-13-9-5-2-6-10-13;;;/h9-20,22H,1-8H3;7,10-11H,3-5,8-9H2,1-2H3;1-10H;2*1H;/q2*-1;;;;+2/p-2. The van der Waals surface area contributed by atoms with Crippen molar-refractivity contribution in [1.82, 2.24) is 0 Å². The first-order valence-electron chi connectivity index (χ1n) is 21.4. The van der Waals surface area contributed by atoms with Crippen molar-refractivity contribution in [2.75, 3.05) is 0 Å². The van der Waals surface area contributed by atoms with E-state index >= 15 is 0 Å². The number of hydrogen-bond acceptors (Lipinski definition) is 0. The van der Waals surface area contributed by atoms with E-state index in [1.165, 1.54) is 76.2 Å². The molecule has 9 atom stereocenters. The van der Waals surface area contributed by atoms with Gasteiger partial charge in [-0.15, -0.1) is 17.4 Å². The third-order valence-electron chi connectivity index (χ3n) is 17.7. The molecule has 0 bridgehead atoms. The van der Waals surface area contributed by atoms with Gasteiger partial charge in [-0.2, -0.15) is 11.6 Å². The van der Waals surface area contributed by atoms with Gasteiger partial charge in [-0.3, -0.25) is 6.08 Å². The number of rotatable bonds is 3. The normalized spacial score (nSPS) is 39.0. The Labute approximate surface area is 380 Å². The van der Waals surface area contributed by atoms with Crippen molar-refractivity contribution in [2.45, 2.75) is 101 Å². The van der Waals surface area contributed by atoms with Gasteiger partial charge in [0.1, 0.15) is 0 Å². The fraction of sp³-hybridized carbons (Fsp3) is 0.455. The fourth-order valence-corrected chi connectivity index (χ4v) is 14.0. The number of allylic oxidation sites excluding steroid dienone is 16. The van der Waals surface area contributed by atoms with Crippen molar-refractivity contribution in [2.24, 2.45) is 55.2 Å². The number of fused-ring (bicyclic) bond motifs is 8. The number of halogens is 2. The van der Waals surface area contributed by atoms with Crippen LogP contribution in [0.3, 0.4) is 0 Å². The van der Waals surface area contributed by atoms with Crippen LogP contribution in [-0.2, 0) is 24.2 Å². The first-order chi connectivity index (χ1) is 26.5. The first-order valence-corrected chi connectivity index (χ1v) is 22.7. The van der Waals surface area contributed by atoms with Crippen LogP contribution in [0, 0.1) is 67.7 Å². The average molecular weight is 889 g/mol. The Morgan fingerprint density at radius 1 is 0.655 bits per heavy atom. The summed E-state index contributed by atoms with van der Waals surface area (Å²) >= 11 is 1.46. The van der Waals surface area contributed by atoms with Crippen molar-refractivity contribution in [1.29, 1.82) is 0 Å². The van der Waals surface area contributed by atoms with E-state index < -0.39 is 0 Å². The van der Waals surface area contributed by atoms with Gasteiger partial charge in [0.05, 0.1) is 0 Å². The van der Waals surface area contributed by atoms with E-state index in [2.05, 4.69) is 221 Å². The van der Waals surface area contributed by atoms with Crippen molar-refractivity contribution in [3.63, 3.8) is 0 Å². The molecule has 0 aliphatic heterocycles. The Kier molecular flexibility index (Phi) is 13.6. The SMILES string of the molecule is CC1=CC=CC2[CH-]C3(C)C4(C)C=CC=CC4(C)C4(C)C=CC=CC4(C)C3(C)C12C.CC1[C-]=CC(C2(C)CCCCC2)=C1.[Cl-].[Cl-].[Zr+2]=[C](c1ccccc1)c1ccccc1.